The molecule has 0 spiro atoms. The number of benzene rings is 1. The van der Waals surface area contributed by atoms with Crippen molar-refractivity contribution in [2.75, 3.05) is 27.2 Å². The van der Waals surface area contributed by atoms with E-state index < -0.39 is 0 Å². The Morgan fingerprint density at radius 3 is 2.56 bits per heavy atom. The molecule has 4 rings (SSSR count). The van der Waals surface area contributed by atoms with Gasteiger partial charge in [0.1, 0.15) is 0 Å². The topological polar surface area (TPSA) is 133 Å². The maximum Gasteiger partial charge on any atom is 0.320 e. The van der Waals surface area contributed by atoms with Crippen LogP contribution < -0.4 is 10.3 Å². The highest BCUT2D eigenvalue weighted by Gasteiger charge is 2.33. The fraction of sp³-hybridized carbons (Fsp3) is 0.516. The van der Waals surface area contributed by atoms with Crippen molar-refractivity contribution in [3.63, 3.8) is 0 Å². The van der Waals surface area contributed by atoms with Gasteiger partial charge in [-0.15, -0.1) is 0 Å². The number of unbranched alkanes of at least 4 members (excludes halogenated alkanes) is 2. The molecule has 2 heterocycles. The largest absolute Gasteiger partial charge is 0.483 e. The van der Waals surface area contributed by atoms with Crippen molar-refractivity contribution in [1.82, 2.24) is 19.8 Å². The van der Waals surface area contributed by atoms with Gasteiger partial charge < -0.3 is 19.6 Å². The highest BCUT2D eigenvalue weighted by atomic mass is 16.5. The first-order chi connectivity index (χ1) is 19.7. The fourth-order valence-electron chi connectivity index (χ4n) is 4.88. The molecule has 1 aliphatic heterocycles. The molecule has 1 saturated carbocycles. The van der Waals surface area contributed by atoms with Crippen molar-refractivity contribution >= 4 is 18.3 Å². The van der Waals surface area contributed by atoms with Crippen LogP contribution in [0.3, 0.4) is 0 Å². The maximum atomic E-state index is 12.4. The zero-order chi connectivity index (χ0) is 30.2. The van der Waals surface area contributed by atoms with E-state index in [2.05, 4.69) is 29.0 Å². The molecule has 0 bridgehead atoms. The van der Waals surface area contributed by atoms with Crippen LogP contribution in [0.15, 0.2) is 53.3 Å². The van der Waals surface area contributed by atoms with Gasteiger partial charge >= 0.3 is 6.03 Å². The number of hydrogen-bond acceptors (Lipinski definition) is 6. The summed E-state index contributed by atoms with van der Waals surface area (Å²) in [5.74, 6) is 1.88. The average molecular weight is 569 g/mol. The summed E-state index contributed by atoms with van der Waals surface area (Å²) >= 11 is 0. The van der Waals surface area contributed by atoms with Crippen molar-refractivity contribution < 1.29 is 24.2 Å². The van der Waals surface area contributed by atoms with Gasteiger partial charge in [-0.25, -0.2) is 4.79 Å². The predicted octanol–water partition coefficient (Wildman–Crippen LogP) is 5.01. The standard InChI is InChI=1S/C19H32N2O2.C11H10N2O2.CH2O2/c1-4-16-14-17(16)10-7-5-6-8-12-20(3)19(23)21-13-9-11-18(21)15(2)22;1-15-11-12-9(7-10(14)13-11)8-5-3-2-4-6-8;2-1-3/h7,10,16-18H,4-6,8-9,11-14H2,1-3H3;2-7H,1H3,(H,12,13,14);1H,(H,2,3)/b10-7-;;/t16?,17-,18?;;/m1../s1. The second-order valence-corrected chi connectivity index (χ2v) is 10.3. The molecule has 2 unspecified atom stereocenters. The zero-order valence-electron chi connectivity index (χ0n) is 24.6. The van der Waals surface area contributed by atoms with E-state index in [0.29, 0.717) is 5.69 Å². The lowest BCUT2D eigenvalue weighted by molar-refractivity contribution is -0.123. The molecule has 1 aromatic carbocycles. The van der Waals surface area contributed by atoms with Crippen LogP contribution >= 0.6 is 0 Å². The van der Waals surface area contributed by atoms with Crippen LogP contribution in [0.2, 0.25) is 0 Å². The van der Waals surface area contributed by atoms with Crippen molar-refractivity contribution in [2.24, 2.45) is 11.8 Å². The van der Waals surface area contributed by atoms with E-state index in [0.717, 1.165) is 62.6 Å². The molecule has 10 heteroatoms. The minimum atomic E-state index is -0.250. The molecule has 3 atom stereocenters. The van der Waals surface area contributed by atoms with E-state index in [4.69, 9.17) is 14.6 Å². The molecule has 41 heavy (non-hydrogen) atoms. The van der Waals surface area contributed by atoms with Gasteiger partial charge in [-0.2, -0.15) is 4.98 Å². The molecule has 2 aromatic rings. The van der Waals surface area contributed by atoms with Crippen LogP contribution in [0, 0.1) is 11.8 Å². The third-order valence-corrected chi connectivity index (χ3v) is 7.28. The Bertz CT molecular complexity index is 1180. The lowest BCUT2D eigenvalue weighted by Gasteiger charge is -2.28. The number of aromatic amines is 1. The number of aromatic nitrogens is 2. The van der Waals surface area contributed by atoms with Gasteiger partial charge in [0.25, 0.3) is 18.0 Å². The van der Waals surface area contributed by atoms with Gasteiger partial charge in [0.05, 0.1) is 18.8 Å². The minimum Gasteiger partial charge on any atom is -0.483 e. The number of ketones is 1. The second-order valence-electron chi connectivity index (χ2n) is 10.3. The first kappa shape index (κ1) is 33.3. The normalized spacial score (nSPS) is 18.9. The molecule has 1 aliphatic carbocycles. The smallest absolute Gasteiger partial charge is 0.320 e. The van der Waals surface area contributed by atoms with Crippen LogP contribution in [0.1, 0.15) is 58.8 Å². The Morgan fingerprint density at radius 2 is 1.95 bits per heavy atom. The fourth-order valence-corrected chi connectivity index (χ4v) is 4.88. The van der Waals surface area contributed by atoms with Crippen molar-refractivity contribution in [3.8, 4) is 17.3 Å². The number of methoxy groups -OCH3 is 1. The zero-order valence-corrected chi connectivity index (χ0v) is 24.6. The number of ether oxygens (including phenoxy) is 1. The number of nitrogens with one attached hydrogen (secondary N) is 1. The number of hydrogen-bond donors (Lipinski definition) is 2. The molecule has 10 nitrogen and oxygen atoms in total. The lowest BCUT2D eigenvalue weighted by Crippen LogP contribution is -2.46. The number of amides is 2. The van der Waals surface area contributed by atoms with Crippen LogP contribution in [-0.4, -0.2) is 76.4 Å². The van der Waals surface area contributed by atoms with E-state index in [1.807, 2.05) is 37.4 Å². The molecule has 0 radical (unpaired) electrons. The number of carboxylic acid groups (broad SMARTS) is 1. The van der Waals surface area contributed by atoms with E-state index in [9.17, 15) is 14.4 Å². The molecular weight excluding hydrogens is 524 g/mol. The first-order valence-electron chi connectivity index (χ1n) is 14.2. The Hall–Kier alpha value is -3.95. The Labute approximate surface area is 242 Å². The van der Waals surface area contributed by atoms with Gasteiger partial charge in [-0.1, -0.05) is 55.8 Å². The predicted molar refractivity (Wildman–Crippen MR) is 159 cm³/mol. The highest BCUT2D eigenvalue weighted by molar-refractivity contribution is 5.87. The summed E-state index contributed by atoms with van der Waals surface area (Å²) in [6, 6.07) is 11.0. The number of urea groups is 1. The van der Waals surface area contributed by atoms with E-state index >= 15 is 0 Å². The summed E-state index contributed by atoms with van der Waals surface area (Å²) in [4.78, 5) is 53.8. The summed E-state index contributed by atoms with van der Waals surface area (Å²) < 4.78 is 4.89. The molecule has 1 saturated heterocycles. The van der Waals surface area contributed by atoms with Gasteiger partial charge in [0, 0.05) is 31.8 Å². The number of Topliss-reactive ketones (excluding diaryl/α,β-unsaturated/α-hetero) is 1. The summed E-state index contributed by atoms with van der Waals surface area (Å²) in [5.41, 5.74) is 1.28. The van der Waals surface area contributed by atoms with E-state index in [-0.39, 0.29) is 35.9 Å². The summed E-state index contributed by atoms with van der Waals surface area (Å²) in [6.07, 6.45) is 12.4. The summed E-state index contributed by atoms with van der Waals surface area (Å²) in [7, 11) is 3.32. The van der Waals surface area contributed by atoms with Gasteiger partial charge in [0.15, 0.2) is 5.78 Å². The number of likely N-dealkylation sites (tertiary alicyclic amines) is 1. The third-order valence-electron chi connectivity index (χ3n) is 7.28. The number of H-pyrrole nitrogens is 1. The monoisotopic (exact) mass is 568 g/mol. The Balaban J connectivity index is 0.000000280. The van der Waals surface area contributed by atoms with Gasteiger partial charge in [-0.3, -0.25) is 19.4 Å². The van der Waals surface area contributed by atoms with Gasteiger partial charge in [-0.05, 0) is 57.3 Å². The number of carbonyl (C=O) groups excluding carboxylic acids is 2. The maximum absolute atomic E-state index is 12.4. The van der Waals surface area contributed by atoms with Crippen molar-refractivity contribution in [3.05, 3.63) is 58.9 Å². The van der Waals surface area contributed by atoms with Crippen LogP contribution in [0.4, 0.5) is 4.79 Å². The molecule has 2 amide bonds. The number of allylic oxidation sites excluding steroid dienone is 2. The third kappa shape index (κ3) is 11.2. The van der Waals surface area contributed by atoms with Crippen LogP contribution in [-0.2, 0) is 9.59 Å². The van der Waals surface area contributed by atoms with Crippen molar-refractivity contribution in [1.29, 1.82) is 0 Å². The molecule has 224 valence electrons. The van der Waals surface area contributed by atoms with Crippen LogP contribution in [0.5, 0.6) is 6.01 Å². The quantitative estimate of drug-likeness (QED) is 0.234. The molecule has 1 aromatic heterocycles. The molecule has 2 fully saturated rings. The SMILES string of the molecule is CCC1C[C@H]1/C=C\CCCCN(C)C(=O)N1CCCC1C(C)=O.COc1nc(-c2ccccc2)cc(=O)[nH]1.O=CO. The summed E-state index contributed by atoms with van der Waals surface area (Å²) in [5, 5.41) is 6.89. The number of nitrogens with zero attached hydrogens (tertiary/aromatic N) is 3. The minimum absolute atomic E-state index is 0.0158. The average Bonchev–Trinajstić information content (AvgIpc) is 3.55. The molecule has 2 aliphatic rings. The molecule has 2 N–H and O–H groups in total. The second kappa shape index (κ2) is 17.7. The summed E-state index contributed by atoms with van der Waals surface area (Å²) in [6.45, 7) is 5.10. The Morgan fingerprint density at radius 1 is 1.24 bits per heavy atom. The number of rotatable bonds is 10. The van der Waals surface area contributed by atoms with Gasteiger partial charge in [0.2, 0.25) is 0 Å². The first-order valence-corrected chi connectivity index (χ1v) is 14.2. The van der Waals surface area contributed by atoms with E-state index in [1.165, 1.54) is 26.0 Å². The van der Waals surface area contributed by atoms with Crippen molar-refractivity contribution in [2.45, 2.75) is 64.8 Å². The highest BCUT2D eigenvalue weighted by Crippen LogP contribution is 2.42. The lowest BCUT2D eigenvalue weighted by atomic mass is 10.1. The van der Waals surface area contributed by atoms with Crippen LogP contribution in [0.25, 0.3) is 11.3 Å². The number of carbonyl (C=O) groups is 3. The molecular formula is C31H44N4O6. The van der Waals surface area contributed by atoms with E-state index in [1.54, 1.807) is 16.7 Å². The Kier molecular flexibility index (Phi) is 14.3.